The van der Waals surface area contributed by atoms with Gasteiger partial charge in [-0.1, -0.05) is 17.7 Å². The van der Waals surface area contributed by atoms with Gasteiger partial charge in [-0.15, -0.1) is 0 Å². The number of benzene rings is 1. The fraction of sp³-hybridized carbons (Fsp3) is 0.529. The normalized spacial score (nSPS) is 19.8. The predicted molar refractivity (Wildman–Crippen MR) is 97.5 cm³/mol. The van der Waals surface area contributed by atoms with Gasteiger partial charge in [0.1, 0.15) is 0 Å². The van der Waals surface area contributed by atoms with E-state index in [-0.39, 0.29) is 0 Å². The number of amides is 2. The number of carbonyl (C=O) groups excluding carboxylic acids is 2. The third-order valence-electron chi connectivity index (χ3n) is 4.70. The van der Waals surface area contributed by atoms with E-state index in [0.29, 0.717) is 31.2 Å². The van der Waals surface area contributed by atoms with Gasteiger partial charge in [-0.2, -0.15) is 0 Å². The van der Waals surface area contributed by atoms with Crippen molar-refractivity contribution in [2.45, 2.75) is 0 Å². The zero-order valence-electron chi connectivity index (χ0n) is 14.4. The zero-order valence-corrected chi connectivity index (χ0v) is 15.2. The van der Waals surface area contributed by atoms with Gasteiger partial charge in [-0.3, -0.25) is 15.0 Å². The monoisotopic (exact) mass is 365 g/mol. The molecule has 0 unspecified atom stereocenters. The molecule has 3 rings (SSSR count). The molecule has 0 aliphatic carbocycles. The molecular formula is C17H24ClN5O2. The summed E-state index contributed by atoms with van der Waals surface area (Å²) in [6, 6.07) is 7.68. The Morgan fingerprint density at radius 1 is 1.00 bits per heavy atom. The van der Waals surface area contributed by atoms with E-state index >= 15 is 0 Å². The Morgan fingerprint density at radius 2 is 1.68 bits per heavy atom. The molecule has 2 saturated heterocycles. The van der Waals surface area contributed by atoms with E-state index in [0.717, 1.165) is 31.9 Å². The Labute approximate surface area is 153 Å². The topological polar surface area (TPSA) is 59.1 Å². The van der Waals surface area contributed by atoms with E-state index in [1.54, 1.807) is 4.90 Å². The highest BCUT2D eigenvalue weighted by Gasteiger charge is 2.27. The number of hydrogen-bond donors (Lipinski definition) is 1. The van der Waals surface area contributed by atoms with Crippen LogP contribution in [0.15, 0.2) is 24.3 Å². The van der Waals surface area contributed by atoms with Gasteiger partial charge in [-0.05, 0) is 25.2 Å². The molecule has 2 aliphatic rings. The first-order chi connectivity index (χ1) is 12.0. The minimum atomic E-state index is -0.541. The van der Waals surface area contributed by atoms with Gasteiger partial charge in [0.15, 0.2) is 0 Å². The Hall–Kier alpha value is -1.83. The first-order valence-corrected chi connectivity index (χ1v) is 8.94. The minimum Gasteiger partial charge on any atom is -0.368 e. The fourth-order valence-corrected chi connectivity index (χ4v) is 3.28. The smallest absolute Gasteiger partial charge is 0.323 e. The third-order valence-corrected chi connectivity index (χ3v) is 4.93. The number of likely N-dealkylation sites (N-methyl/N-ethyl adjacent to an activating group) is 1. The SMILES string of the molecule is CN1CCN(NC(=O)C(=O)N2CCN(c3cccc(Cl)c3)CC2)CC1. The van der Waals surface area contributed by atoms with Gasteiger partial charge >= 0.3 is 11.8 Å². The largest absolute Gasteiger partial charge is 0.368 e. The molecule has 0 saturated carbocycles. The molecule has 1 aromatic rings. The number of hydrogen-bond acceptors (Lipinski definition) is 5. The van der Waals surface area contributed by atoms with Crippen molar-refractivity contribution in [3.8, 4) is 0 Å². The third kappa shape index (κ3) is 4.62. The lowest BCUT2D eigenvalue weighted by Crippen LogP contribution is -2.58. The van der Waals surface area contributed by atoms with E-state index in [9.17, 15) is 9.59 Å². The molecule has 0 aromatic heterocycles. The molecule has 2 amide bonds. The second kappa shape index (κ2) is 8.03. The molecule has 25 heavy (non-hydrogen) atoms. The molecule has 136 valence electrons. The van der Waals surface area contributed by atoms with Crippen molar-refractivity contribution < 1.29 is 9.59 Å². The van der Waals surface area contributed by atoms with Crippen molar-refractivity contribution in [3.63, 3.8) is 0 Å². The van der Waals surface area contributed by atoms with Crippen LogP contribution in [0.5, 0.6) is 0 Å². The van der Waals surface area contributed by atoms with Gasteiger partial charge in [0.2, 0.25) is 0 Å². The van der Waals surface area contributed by atoms with Crippen LogP contribution < -0.4 is 10.3 Å². The molecule has 8 heteroatoms. The summed E-state index contributed by atoms with van der Waals surface area (Å²) >= 11 is 6.03. The molecule has 1 aromatic carbocycles. The maximum absolute atomic E-state index is 12.4. The van der Waals surface area contributed by atoms with Crippen LogP contribution in [0.2, 0.25) is 5.02 Å². The first-order valence-electron chi connectivity index (χ1n) is 8.57. The number of hydrazine groups is 1. The first kappa shape index (κ1) is 18.0. The summed E-state index contributed by atoms with van der Waals surface area (Å²) in [5, 5.41) is 2.52. The molecule has 1 N–H and O–H groups in total. The number of halogens is 1. The fourth-order valence-electron chi connectivity index (χ4n) is 3.09. The average molecular weight is 366 g/mol. The second-order valence-electron chi connectivity index (χ2n) is 6.49. The summed E-state index contributed by atoms with van der Waals surface area (Å²) in [7, 11) is 2.05. The van der Waals surface area contributed by atoms with Crippen LogP contribution in [0.25, 0.3) is 0 Å². The lowest BCUT2D eigenvalue weighted by molar-refractivity contribution is -0.149. The predicted octanol–water partition coefficient (Wildman–Crippen LogP) is 0.267. The molecule has 2 heterocycles. The zero-order chi connectivity index (χ0) is 17.8. The van der Waals surface area contributed by atoms with E-state index in [1.165, 1.54) is 0 Å². The number of piperazine rings is 2. The molecular weight excluding hydrogens is 342 g/mol. The molecule has 2 aliphatic heterocycles. The Kier molecular flexibility index (Phi) is 5.78. The summed E-state index contributed by atoms with van der Waals surface area (Å²) < 4.78 is 0. The number of rotatable bonds is 2. The van der Waals surface area contributed by atoms with Crippen LogP contribution in [0.3, 0.4) is 0 Å². The van der Waals surface area contributed by atoms with Crippen molar-refractivity contribution in [1.29, 1.82) is 0 Å². The summed E-state index contributed by atoms with van der Waals surface area (Å²) in [5.74, 6) is -0.995. The van der Waals surface area contributed by atoms with Crippen molar-refractivity contribution in [1.82, 2.24) is 20.2 Å². The molecule has 0 bridgehead atoms. The van der Waals surface area contributed by atoms with Crippen molar-refractivity contribution in [3.05, 3.63) is 29.3 Å². The van der Waals surface area contributed by atoms with Crippen LogP contribution in [-0.4, -0.2) is 86.0 Å². The Bertz CT molecular complexity index is 625. The minimum absolute atomic E-state index is 0.454. The molecule has 2 fully saturated rings. The van der Waals surface area contributed by atoms with Gasteiger partial charge in [0.05, 0.1) is 0 Å². The Morgan fingerprint density at radius 3 is 2.32 bits per heavy atom. The Balaban J connectivity index is 1.48. The quantitative estimate of drug-likeness (QED) is 0.762. The highest BCUT2D eigenvalue weighted by molar-refractivity contribution is 6.34. The van der Waals surface area contributed by atoms with Gasteiger partial charge in [0.25, 0.3) is 0 Å². The van der Waals surface area contributed by atoms with Crippen molar-refractivity contribution >= 4 is 29.1 Å². The maximum atomic E-state index is 12.4. The summed E-state index contributed by atoms with van der Waals surface area (Å²) in [4.78, 5) is 30.6. The molecule has 0 radical (unpaired) electrons. The van der Waals surface area contributed by atoms with Crippen LogP contribution in [0, 0.1) is 0 Å². The highest BCUT2D eigenvalue weighted by atomic mass is 35.5. The van der Waals surface area contributed by atoms with Gasteiger partial charge < -0.3 is 14.7 Å². The lowest BCUT2D eigenvalue weighted by atomic mass is 10.2. The van der Waals surface area contributed by atoms with Gasteiger partial charge in [0, 0.05) is 63.1 Å². The number of nitrogens with one attached hydrogen (secondary N) is 1. The molecule has 7 nitrogen and oxygen atoms in total. The molecule has 0 spiro atoms. The van der Waals surface area contributed by atoms with E-state index in [4.69, 9.17) is 11.6 Å². The number of carbonyl (C=O) groups is 2. The van der Waals surface area contributed by atoms with Crippen LogP contribution in [-0.2, 0) is 9.59 Å². The van der Waals surface area contributed by atoms with Crippen LogP contribution >= 0.6 is 11.6 Å². The van der Waals surface area contributed by atoms with Crippen LogP contribution in [0.1, 0.15) is 0 Å². The number of nitrogens with zero attached hydrogens (tertiary/aromatic N) is 4. The van der Waals surface area contributed by atoms with E-state index < -0.39 is 11.8 Å². The summed E-state index contributed by atoms with van der Waals surface area (Å²) in [6.07, 6.45) is 0. The van der Waals surface area contributed by atoms with Crippen LogP contribution in [0.4, 0.5) is 5.69 Å². The number of anilines is 1. The maximum Gasteiger partial charge on any atom is 0.323 e. The second-order valence-corrected chi connectivity index (χ2v) is 6.93. The van der Waals surface area contributed by atoms with Crippen molar-refractivity contribution in [2.24, 2.45) is 0 Å². The summed E-state index contributed by atoms with van der Waals surface area (Å²) in [5.41, 5.74) is 3.78. The van der Waals surface area contributed by atoms with E-state index in [2.05, 4.69) is 15.2 Å². The molecule has 0 atom stereocenters. The van der Waals surface area contributed by atoms with Crippen molar-refractivity contribution in [2.75, 3.05) is 64.3 Å². The highest BCUT2D eigenvalue weighted by Crippen LogP contribution is 2.20. The average Bonchev–Trinajstić information content (AvgIpc) is 2.63. The lowest BCUT2D eigenvalue weighted by Gasteiger charge is -2.36. The van der Waals surface area contributed by atoms with Gasteiger partial charge in [-0.25, -0.2) is 5.01 Å². The standard InChI is InChI=1S/C17H24ClN5O2/c1-20-5-11-23(12-6-20)19-16(24)17(25)22-9-7-21(8-10-22)15-4-2-3-14(18)13-15/h2-4,13H,5-12H2,1H3,(H,19,24). The van der Waals surface area contributed by atoms with E-state index in [1.807, 2.05) is 36.3 Å². The summed E-state index contributed by atoms with van der Waals surface area (Å²) in [6.45, 7) is 5.67.